The molecule has 0 saturated carbocycles. The zero-order valence-electron chi connectivity index (χ0n) is 11.1. The van der Waals surface area contributed by atoms with E-state index in [9.17, 15) is 0 Å². The van der Waals surface area contributed by atoms with Gasteiger partial charge in [0.2, 0.25) is 0 Å². The van der Waals surface area contributed by atoms with Crippen LogP contribution in [0.1, 0.15) is 18.4 Å². The van der Waals surface area contributed by atoms with Gasteiger partial charge in [0.15, 0.2) is 0 Å². The molecular formula is C18H19P. The van der Waals surface area contributed by atoms with Crippen molar-refractivity contribution >= 4 is 30.8 Å². The van der Waals surface area contributed by atoms with Gasteiger partial charge in [0, 0.05) is 0 Å². The second-order valence-electron chi connectivity index (χ2n) is 5.04. The minimum atomic E-state index is 1.18. The monoisotopic (exact) mass is 266 g/mol. The van der Waals surface area contributed by atoms with Gasteiger partial charge in [-0.15, -0.1) is 9.24 Å². The molecule has 3 aromatic rings. The van der Waals surface area contributed by atoms with Crippen molar-refractivity contribution in [1.29, 1.82) is 0 Å². The third-order valence-corrected chi connectivity index (χ3v) is 4.17. The smallest absolute Gasteiger partial charge is 0.0146 e. The lowest BCUT2D eigenvalue weighted by Crippen LogP contribution is -1.91. The lowest BCUT2D eigenvalue weighted by molar-refractivity contribution is 0.810. The summed E-state index contributed by atoms with van der Waals surface area (Å²) in [4.78, 5) is 0. The normalized spacial score (nSPS) is 11.2. The van der Waals surface area contributed by atoms with Crippen LogP contribution in [0.4, 0.5) is 0 Å². The van der Waals surface area contributed by atoms with Gasteiger partial charge in [-0.1, -0.05) is 48.5 Å². The molecule has 96 valence electrons. The Morgan fingerprint density at radius 2 is 1.32 bits per heavy atom. The highest BCUT2D eigenvalue weighted by atomic mass is 31.0. The van der Waals surface area contributed by atoms with Crippen LogP contribution in [-0.4, -0.2) is 6.16 Å². The number of hydrogen-bond donors (Lipinski definition) is 0. The van der Waals surface area contributed by atoms with E-state index in [1.165, 1.54) is 52.5 Å². The fourth-order valence-electron chi connectivity index (χ4n) is 2.82. The lowest BCUT2D eigenvalue weighted by Gasteiger charge is -2.11. The van der Waals surface area contributed by atoms with Gasteiger partial charge < -0.3 is 0 Å². The molecule has 0 spiro atoms. The van der Waals surface area contributed by atoms with E-state index in [1.807, 2.05) is 0 Å². The largest absolute Gasteiger partial charge is 0.138 e. The van der Waals surface area contributed by atoms with Crippen LogP contribution in [0.15, 0.2) is 54.6 Å². The van der Waals surface area contributed by atoms with E-state index in [2.05, 4.69) is 63.8 Å². The van der Waals surface area contributed by atoms with Gasteiger partial charge >= 0.3 is 0 Å². The average molecular weight is 266 g/mol. The number of hydrogen-bond acceptors (Lipinski definition) is 0. The summed E-state index contributed by atoms with van der Waals surface area (Å²) in [5.74, 6) is 0. The second-order valence-corrected chi connectivity index (χ2v) is 5.62. The molecule has 3 rings (SSSR count). The Kier molecular flexibility index (Phi) is 3.80. The van der Waals surface area contributed by atoms with Crippen LogP contribution < -0.4 is 0 Å². The number of benzene rings is 3. The molecule has 0 aromatic heterocycles. The number of fused-ring (bicyclic) bond motifs is 2. The van der Waals surface area contributed by atoms with E-state index in [0.29, 0.717) is 0 Å². The Morgan fingerprint density at radius 1 is 0.737 bits per heavy atom. The molecule has 1 atom stereocenters. The summed E-state index contributed by atoms with van der Waals surface area (Å²) < 4.78 is 0. The summed E-state index contributed by atoms with van der Waals surface area (Å²) in [7, 11) is 2.82. The zero-order valence-corrected chi connectivity index (χ0v) is 12.3. The maximum atomic E-state index is 2.82. The van der Waals surface area contributed by atoms with Crippen LogP contribution in [0.25, 0.3) is 21.5 Å². The zero-order chi connectivity index (χ0) is 13.1. The molecule has 0 nitrogen and oxygen atoms in total. The van der Waals surface area contributed by atoms with E-state index in [1.54, 1.807) is 0 Å². The van der Waals surface area contributed by atoms with Gasteiger partial charge in [-0.3, -0.25) is 0 Å². The van der Waals surface area contributed by atoms with Gasteiger partial charge in [-0.25, -0.2) is 0 Å². The summed E-state index contributed by atoms with van der Waals surface area (Å²) in [5, 5.41) is 5.57. The molecule has 0 N–H and O–H groups in total. The first kappa shape index (κ1) is 12.6. The van der Waals surface area contributed by atoms with Gasteiger partial charge in [0.1, 0.15) is 0 Å². The highest BCUT2D eigenvalue weighted by Crippen LogP contribution is 2.29. The Morgan fingerprint density at radius 3 is 1.89 bits per heavy atom. The quantitative estimate of drug-likeness (QED) is 0.346. The van der Waals surface area contributed by atoms with E-state index < -0.39 is 0 Å². The van der Waals surface area contributed by atoms with Crippen molar-refractivity contribution in [3.05, 3.63) is 60.2 Å². The van der Waals surface area contributed by atoms with Crippen molar-refractivity contribution in [2.24, 2.45) is 0 Å². The molecule has 0 radical (unpaired) electrons. The van der Waals surface area contributed by atoms with Crippen LogP contribution in [0.5, 0.6) is 0 Å². The highest BCUT2D eigenvalue weighted by molar-refractivity contribution is 7.16. The Labute approximate surface area is 117 Å². The van der Waals surface area contributed by atoms with Crippen LogP contribution >= 0.6 is 9.24 Å². The molecule has 1 heteroatoms. The van der Waals surface area contributed by atoms with Gasteiger partial charge in [0.05, 0.1) is 0 Å². The maximum Gasteiger partial charge on any atom is -0.0146 e. The lowest BCUT2D eigenvalue weighted by atomic mass is 9.94. The van der Waals surface area contributed by atoms with Crippen LogP contribution in [0.3, 0.4) is 0 Å². The maximum absolute atomic E-state index is 2.82. The molecule has 0 heterocycles. The minimum absolute atomic E-state index is 1.18. The first-order valence-corrected chi connectivity index (χ1v) is 7.81. The summed E-state index contributed by atoms with van der Waals surface area (Å²) >= 11 is 0. The van der Waals surface area contributed by atoms with E-state index in [0.717, 1.165) is 0 Å². The van der Waals surface area contributed by atoms with E-state index >= 15 is 0 Å². The van der Waals surface area contributed by atoms with Crippen LogP contribution in [0, 0.1) is 0 Å². The van der Waals surface area contributed by atoms with E-state index in [4.69, 9.17) is 0 Å². The predicted molar refractivity (Wildman–Crippen MR) is 89.0 cm³/mol. The molecule has 0 aliphatic heterocycles. The number of unbranched alkanes of at least 4 members (excludes halogenated alkanes) is 1. The van der Waals surface area contributed by atoms with Crippen molar-refractivity contribution < 1.29 is 0 Å². The molecule has 0 amide bonds. The summed E-state index contributed by atoms with van der Waals surface area (Å²) in [5.41, 5.74) is 1.52. The molecule has 3 aromatic carbocycles. The van der Waals surface area contributed by atoms with Crippen molar-refractivity contribution in [3.8, 4) is 0 Å². The number of aryl methyl sites for hydroxylation is 1. The topological polar surface area (TPSA) is 0 Å². The summed E-state index contributed by atoms with van der Waals surface area (Å²) in [6.45, 7) is 0. The first-order chi connectivity index (χ1) is 9.40. The molecule has 0 saturated heterocycles. The Balaban J connectivity index is 2.21. The Bertz CT molecular complexity index is 646. The molecule has 0 aliphatic carbocycles. The molecule has 0 bridgehead atoms. The third-order valence-electron chi connectivity index (χ3n) is 3.76. The fourth-order valence-corrected chi connectivity index (χ4v) is 3.11. The first-order valence-electron chi connectivity index (χ1n) is 6.99. The van der Waals surface area contributed by atoms with Crippen LogP contribution in [-0.2, 0) is 6.42 Å². The molecule has 0 fully saturated rings. The Hall–Kier alpha value is -1.39. The molecule has 1 unspecified atom stereocenters. The van der Waals surface area contributed by atoms with Crippen molar-refractivity contribution in [3.63, 3.8) is 0 Å². The van der Waals surface area contributed by atoms with Gasteiger partial charge in [0.25, 0.3) is 0 Å². The second kappa shape index (κ2) is 5.72. The fraction of sp³-hybridized carbons (Fsp3) is 0.222. The van der Waals surface area contributed by atoms with Gasteiger partial charge in [-0.05, 0) is 58.6 Å². The SMILES string of the molecule is PCCCCc1c2ccccc2cc2ccccc12. The molecule has 0 aliphatic rings. The van der Waals surface area contributed by atoms with Crippen molar-refractivity contribution in [1.82, 2.24) is 0 Å². The average Bonchev–Trinajstić information content (AvgIpc) is 2.46. The highest BCUT2D eigenvalue weighted by Gasteiger charge is 2.06. The predicted octanol–water partition coefficient (Wildman–Crippen LogP) is 5.19. The minimum Gasteiger partial charge on any atom is -0.138 e. The standard InChI is InChI=1S/C18H19P/c19-12-6-5-11-18-16-9-3-1-7-14(16)13-15-8-2-4-10-17(15)18/h1-4,7-10,13H,5-6,11-12,19H2. The van der Waals surface area contributed by atoms with Crippen LogP contribution in [0.2, 0.25) is 0 Å². The summed E-state index contributed by atoms with van der Waals surface area (Å²) in [6.07, 6.45) is 4.92. The third kappa shape index (κ3) is 2.51. The van der Waals surface area contributed by atoms with Crippen molar-refractivity contribution in [2.75, 3.05) is 6.16 Å². The molecular weight excluding hydrogens is 247 g/mol. The van der Waals surface area contributed by atoms with Gasteiger partial charge in [-0.2, -0.15) is 0 Å². The van der Waals surface area contributed by atoms with E-state index in [-0.39, 0.29) is 0 Å². The molecule has 19 heavy (non-hydrogen) atoms. The van der Waals surface area contributed by atoms with Crippen molar-refractivity contribution in [2.45, 2.75) is 19.3 Å². The number of rotatable bonds is 4. The summed E-state index contributed by atoms with van der Waals surface area (Å²) in [6, 6.07) is 19.8.